The summed E-state index contributed by atoms with van der Waals surface area (Å²) in [5.74, 6) is 0.531. The van der Waals surface area contributed by atoms with Crippen LogP contribution in [-0.2, 0) is 19.4 Å². The second kappa shape index (κ2) is 8.94. The molecule has 1 amide bonds. The summed E-state index contributed by atoms with van der Waals surface area (Å²) >= 11 is 0. The SMILES string of the molecule is CCc1cccc(CC)c1NC(=O)c1ccnc(NCc2cccnc2)c1. The first kappa shape index (κ1) is 18.6. The van der Waals surface area contributed by atoms with Crippen LogP contribution < -0.4 is 10.6 Å². The van der Waals surface area contributed by atoms with Crippen molar-refractivity contribution in [2.24, 2.45) is 0 Å². The van der Waals surface area contributed by atoms with E-state index in [-0.39, 0.29) is 5.91 Å². The molecule has 0 unspecified atom stereocenters. The minimum atomic E-state index is -0.127. The predicted molar refractivity (Wildman–Crippen MR) is 109 cm³/mol. The fraction of sp³-hybridized carbons (Fsp3) is 0.227. The zero-order valence-electron chi connectivity index (χ0n) is 15.7. The van der Waals surface area contributed by atoms with E-state index < -0.39 is 0 Å². The maximum absolute atomic E-state index is 12.8. The maximum atomic E-state index is 12.8. The van der Waals surface area contributed by atoms with Crippen LogP contribution in [0.2, 0.25) is 0 Å². The number of pyridine rings is 2. The number of amides is 1. The molecule has 5 heteroatoms. The highest BCUT2D eigenvalue weighted by Gasteiger charge is 2.12. The summed E-state index contributed by atoms with van der Waals surface area (Å²) in [6.45, 7) is 4.79. The third-order valence-electron chi connectivity index (χ3n) is 4.46. The molecule has 27 heavy (non-hydrogen) atoms. The van der Waals surface area contributed by atoms with E-state index in [1.165, 1.54) is 0 Å². The summed E-state index contributed by atoms with van der Waals surface area (Å²) in [5, 5.41) is 6.33. The standard InChI is InChI=1S/C22H24N4O/c1-3-17-8-5-9-18(4-2)21(17)26-22(27)19-10-12-24-20(13-19)25-15-16-7-6-11-23-14-16/h5-14H,3-4,15H2,1-2H3,(H,24,25)(H,26,27). The van der Waals surface area contributed by atoms with Gasteiger partial charge in [-0.2, -0.15) is 0 Å². The number of hydrogen-bond donors (Lipinski definition) is 2. The van der Waals surface area contributed by atoms with E-state index in [1.54, 1.807) is 30.7 Å². The molecule has 0 aliphatic heterocycles. The van der Waals surface area contributed by atoms with Crippen LogP contribution in [0.3, 0.4) is 0 Å². The van der Waals surface area contributed by atoms with Gasteiger partial charge in [0.1, 0.15) is 5.82 Å². The van der Waals surface area contributed by atoms with Gasteiger partial charge in [-0.15, -0.1) is 0 Å². The zero-order valence-corrected chi connectivity index (χ0v) is 15.7. The zero-order chi connectivity index (χ0) is 19.1. The van der Waals surface area contributed by atoms with Crippen molar-refractivity contribution in [3.63, 3.8) is 0 Å². The van der Waals surface area contributed by atoms with Crippen LogP contribution in [0.4, 0.5) is 11.5 Å². The molecule has 0 saturated heterocycles. The van der Waals surface area contributed by atoms with E-state index in [0.717, 1.165) is 35.2 Å². The number of nitrogens with one attached hydrogen (secondary N) is 2. The molecule has 0 saturated carbocycles. The molecule has 3 rings (SSSR count). The second-order valence-electron chi connectivity index (χ2n) is 6.26. The van der Waals surface area contributed by atoms with Gasteiger partial charge >= 0.3 is 0 Å². The van der Waals surface area contributed by atoms with Gasteiger partial charge < -0.3 is 10.6 Å². The van der Waals surface area contributed by atoms with Crippen molar-refractivity contribution in [1.29, 1.82) is 0 Å². The molecule has 0 fully saturated rings. The number of benzene rings is 1. The van der Waals surface area contributed by atoms with Crippen molar-refractivity contribution in [2.45, 2.75) is 33.2 Å². The van der Waals surface area contributed by atoms with E-state index in [0.29, 0.717) is 17.9 Å². The number of aromatic nitrogens is 2. The Kier molecular flexibility index (Phi) is 6.15. The Morgan fingerprint density at radius 1 is 1.00 bits per heavy atom. The van der Waals surface area contributed by atoms with Crippen LogP contribution in [-0.4, -0.2) is 15.9 Å². The van der Waals surface area contributed by atoms with Gasteiger partial charge in [0.15, 0.2) is 0 Å². The Morgan fingerprint density at radius 3 is 2.44 bits per heavy atom. The van der Waals surface area contributed by atoms with Crippen LogP contribution in [0.15, 0.2) is 61.1 Å². The fourth-order valence-electron chi connectivity index (χ4n) is 2.95. The second-order valence-corrected chi connectivity index (χ2v) is 6.26. The molecule has 138 valence electrons. The van der Waals surface area contributed by atoms with Crippen LogP contribution in [0.1, 0.15) is 40.9 Å². The van der Waals surface area contributed by atoms with E-state index >= 15 is 0 Å². The molecule has 2 N–H and O–H groups in total. The summed E-state index contributed by atoms with van der Waals surface area (Å²) in [6.07, 6.45) is 6.94. The smallest absolute Gasteiger partial charge is 0.255 e. The molecule has 2 heterocycles. The molecule has 0 aliphatic rings. The quantitative estimate of drug-likeness (QED) is 0.652. The lowest BCUT2D eigenvalue weighted by atomic mass is 10.0. The number of rotatable bonds is 7. The average molecular weight is 360 g/mol. The topological polar surface area (TPSA) is 66.9 Å². The van der Waals surface area contributed by atoms with Crippen molar-refractivity contribution < 1.29 is 4.79 Å². The van der Waals surface area contributed by atoms with Crippen molar-refractivity contribution in [3.05, 3.63) is 83.3 Å². The number of anilines is 2. The number of para-hydroxylation sites is 1. The number of carbonyl (C=O) groups is 1. The minimum absolute atomic E-state index is 0.127. The molecule has 0 aliphatic carbocycles. The normalized spacial score (nSPS) is 10.4. The summed E-state index contributed by atoms with van der Waals surface area (Å²) in [6, 6.07) is 13.5. The Hall–Kier alpha value is -3.21. The van der Waals surface area contributed by atoms with Gasteiger partial charge in [0, 0.05) is 36.4 Å². The molecule has 3 aromatic rings. The highest BCUT2D eigenvalue weighted by molar-refractivity contribution is 6.05. The molecule has 0 atom stereocenters. The van der Waals surface area contributed by atoms with Crippen molar-refractivity contribution in [1.82, 2.24) is 9.97 Å². The lowest BCUT2D eigenvalue weighted by Crippen LogP contribution is -2.15. The van der Waals surface area contributed by atoms with E-state index in [1.807, 2.05) is 18.2 Å². The lowest BCUT2D eigenvalue weighted by molar-refractivity contribution is 0.102. The Morgan fingerprint density at radius 2 is 1.78 bits per heavy atom. The van der Waals surface area contributed by atoms with Gasteiger partial charge in [-0.05, 0) is 47.7 Å². The molecular formula is C22H24N4O. The van der Waals surface area contributed by atoms with Gasteiger partial charge in [-0.25, -0.2) is 4.98 Å². The summed E-state index contributed by atoms with van der Waals surface area (Å²) in [7, 11) is 0. The maximum Gasteiger partial charge on any atom is 0.255 e. The predicted octanol–water partition coefficient (Wildman–Crippen LogP) is 4.47. The van der Waals surface area contributed by atoms with Crippen molar-refractivity contribution >= 4 is 17.4 Å². The average Bonchev–Trinajstić information content (AvgIpc) is 2.73. The number of carbonyl (C=O) groups excluding carboxylic acids is 1. The Balaban J connectivity index is 1.74. The Labute approximate surface area is 159 Å². The minimum Gasteiger partial charge on any atom is -0.366 e. The van der Waals surface area contributed by atoms with Crippen molar-refractivity contribution in [3.8, 4) is 0 Å². The number of hydrogen-bond acceptors (Lipinski definition) is 4. The molecule has 0 bridgehead atoms. The number of nitrogens with zero attached hydrogens (tertiary/aromatic N) is 2. The summed E-state index contributed by atoms with van der Waals surface area (Å²) < 4.78 is 0. The van der Waals surface area contributed by atoms with Crippen molar-refractivity contribution in [2.75, 3.05) is 10.6 Å². The van der Waals surface area contributed by atoms with E-state index in [4.69, 9.17) is 0 Å². The first-order valence-electron chi connectivity index (χ1n) is 9.22. The first-order chi connectivity index (χ1) is 13.2. The number of aryl methyl sites for hydroxylation is 2. The third kappa shape index (κ3) is 4.70. The van der Waals surface area contributed by atoms with Gasteiger partial charge in [-0.1, -0.05) is 38.1 Å². The molecule has 1 aromatic carbocycles. The van der Waals surface area contributed by atoms with Gasteiger partial charge in [0.2, 0.25) is 0 Å². The third-order valence-corrected chi connectivity index (χ3v) is 4.46. The molecular weight excluding hydrogens is 336 g/mol. The highest BCUT2D eigenvalue weighted by atomic mass is 16.1. The molecule has 2 aromatic heterocycles. The van der Waals surface area contributed by atoms with Gasteiger partial charge in [0.05, 0.1) is 0 Å². The van der Waals surface area contributed by atoms with E-state index in [9.17, 15) is 4.79 Å². The summed E-state index contributed by atoms with van der Waals surface area (Å²) in [5.41, 5.74) is 4.85. The van der Waals surface area contributed by atoms with Crippen LogP contribution >= 0.6 is 0 Å². The first-order valence-corrected chi connectivity index (χ1v) is 9.22. The van der Waals surface area contributed by atoms with Gasteiger partial charge in [-0.3, -0.25) is 9.78 Å². The highest BCUT2D eigenvalue weighted by Crippen LogP contribution is 2.23. The fourth-order valence-corrected chi connectivity index (χ4v) is 2.95. The monoisotopic (exact) mass is 360 g/mol. The Bertz CT molecular complexity index is 887. The summed E-state index contributed by atoms with van der Waals surface area (Å²) in [4.78, 5) is 21.2. The van der Waals surface area contributed by atoms with Crippen LogP contribution in [0, 0.1) is 0 Å². The van der Waals surface area contributed by atoms with Gasteiger partial charge in [0.25, 0.3) is 5.91 Å². The van der Waals surface area contributed by atoms with E-state index in [2.05, 4.69) is 46.6 Å². The molecule has 0 radical (unpaired) electrons. The lowest BCUT2D eigenvalue weighted by Gasteiger charge is -2.15. The van der Waals surface area contributed by atoms with Crippen LogP contribution in [0.25, 0.3) is 0 Å². The largest absolute Gasteiger partial charge is 0.366 e. The van der Waals surface area contributed by atoms with Crippen LogP contribution in [0.5, 0.6) is 0 Å². The molecule has 5 nitrogen and oxygen atoms in total. The molecule has 0 spiro atoms.